The summed E-state index contributed by atoms with van der Waals surface area (Å²) in [6.45, 7) is 1.34. The molecule has 0 spiro atoms. The van der Waals surface area contributed by atoms with E-state index in [1.165, 1.54) is 6.92 Å². The van der Waals surface area contributed by atoms with Crippen LogP contribution in [0.25, 0.3) is 11.1 Å². The fraction of sp³-hybridized carbons (Fsp3) is 0.292. The summed E-state index contributed by atoms with van der Waals surface area (Å²) < 4.78 is 10.2. The van der Waals surface area contributed by atoms with Crippen LogP contribution in [0.4, 0.5) is 4.79 Å². The summed E-state index contributed by atoms with van der Waals surface area (Å²) in [5.74, 6) is -4.68. The maximum Gasteiger partial charge on any atom is 0.408 e. The average molecular weight is 481 g/mol. The van der Waals surface area contributed by atoms with Crippen LogP contribution < -0.4 is 10.7 Å². The summed E-state index contributed by atoms with van der Waals surface area (Å²) in [7, 11) is 0. The number of carboxylic acids is 1. The highest BCUT2D eigenvalue weighted by Crippen LogP contribution is 2.44. The average Bonchev–Trinajstić information content (AvgIpc) is 3.39. The number of nitrogens with one attached hydrogen (secondary N) is 2. The first-order valence-corrected chi connectivity index (χ1v) is 10.9. The van der Waals surface area contributed by atoms with Gasteiger partial charge in [-0.05, 0) is 29.2 Å². The molecule has 1 aliphatic carbocycles. The predicted molar refractivity (Wildman–Crippen MR) is 120 cm³/mol. The van der Waals surface area contributed by atoms with Gasteiger partial charge in [0.05, 0.1) is 13.0 Å². The van der Waals surface area contributed by atoms with Crippen molar-refractivity contribution in [1.82, 2.24) is 15.8 Å². The molecule has 1 saturated heterocycles. The zero-order valence-electron chi connectivity index (χ0n) is 18.7. The Morgan fingerprint density at radius 3 is 2.23 bits per heavy atom. The standard InChI is InChI=1S/C24H23N3O8/c1-2-34-23(32)20(21(29)27-18(22(30)31)11-19(28)26-27)25-24(33)35-12-17-15-9-5-3-7-13(15)14-8-4-6-10-16(14)17/h3-10,17-18,20H,2,11-12H2,1H3,(H,25,33)(H,26,28)(H,30,31). The number of benzene rings is 2. The second-order valence-corrected chi connectivity index (χ2v) is 7.96. The maximum absolute atomic E-state index is 12.9. The molecular weight excluding hydrogens is 458 g/mol. The lowest BCUT2D eigenvalue weighted by atomic mass is 9.98. The molecule has 2 atom stereocenters. The number of alkyl carbamates (subject to hydrolysis) is 1. The molecule has 2 aliphatic rings. The van der Waals surface area contributed by atoms with Crippen molar-refractivity contribution in [3.63, 3.8) is 0 Å². The molecule has 35 heavy (non-hydrogen) atoms. The number of carbonyl (C=O) groups is 5. The number of fused-ring (bicyclic) bond motifs is 3. The highest BCUT2D eigenvalue weighted by molar-refractivity contribution is 6.06. The minimum atomic E-state index is -1.91. The lowest BCUT2D eigenvalue weighted by Crippen LogP contribution is -2.58. The molecule has 0 radical (unpaired) electrons. The van der Waals surface area contributed by atoms with E-state index in [-0.39, 0.29) is 19.1 Å². The van der Waals surface area contributed by atoms with Crippen LogP contribution in [0.1, 0.15) is 30.4 Å². The molecule has 11 nitrogen and oxygen atoms in total. The fourth-order valence-electron chi connectivity index (χ4n) is 4.28. The van der Waals surface area contributed by atoms with Gasteiger partial charge >= 0.3 is 18.0 Å². The summed E-state index contributed by atoms with van der Waals surface area (Å²) >= 11 is 0. The second-order valence-electron chi connectivity index (χ2n) is 7.96. The zero-order valence-corrected chi connectivity index (χ0v) is 18.7. The van der Waals surface area contributed by atoms with Gasteiger partial charge in [-0.3, -0.25) is 20.3 Å². The van der Waals surface area contributed by atoms with Gasteiger partial charge in [-0.1, -0.05) is 48.5 Å². The highest BCUT2D eigenvalue weighted by atomic mass is 16.6. The van der Waals surface area contributed by atoms with Crippen LogP contribution in [0.2, 0.25) is 0 Å². The van der Waals surface area contributed by atoms with Gasteiger partial charge in [-0.25, -0.2) is 19.4 Å². The summed E-state index contributed by atoms with van der Waals surface area (Å²) in [6, 6.07) is 12.0. The Morgan fingerprint density at radius 2 is 1.66 bits per heavy atom. The van der Waals surface area contributed by atoms with Crippen LogP contribution in [-0.2, 0) is 28.7 Å². The number of hydrogen-bond acceptors (Lipinski definition) is 7. The van der Waals surface area contributed by atoms with Crippen LogP contribution in [-0.4, -0.2) is 65.3 Å². The third-order valence-corrected chi connectivity index (χ3v) is 5.83. The van der Waals surface area contributed by atoms with Crippen molar-refractivity contribution < 1.29 is 38.6 Å². The topological polar surface area (TPSA) is 151 Å². The van der Waals surface area contributed by atoms with E-state index in [1.54, 1.807) is 0 Å². The van der Waals surface area contributed by atoms with Crippen LogP contribution in [0, 0.1) is 0 Å². The first kappa shape index (κ1) is 23.7. The first-order chi connectivity index (χ1) is 16.8. The molecule has 4 rings (SSSR count). The predicted octanol–water partition coefficient (Wildman–Crippen LogP) is 1.17. The molecule has 2 unspecified atom stereocenters. The Hall–Kier alpha value is -4.41. The molecular formula is C24H23N3O8. The molecule has 3 N–H and O–H groups in total. The number of aliphatic carboxylic acids is 1. The number of esters is 1. The van der Waals surface area contributed by atoms with E-state index < -0.39 is 48.4 Å². The molecule has 1 fully saturated rings. The van der Waals surface area contributed by atoms with Crippen molar-refractivity contribution >= 4 is 29.8 Å². The molecule has 182 valence electrons. The highest BCUT2D eigenvalue weighted by Gasteiger charge is 2.44. The fourth-order valence-corrected chi connectivity index (χ4v) is 4.28. The normalized spacial score (nSPS) is 17.1. The van der Waals surface area contributed by atoms with Gasteiger partial charge in [0, 0.05) is 5.92 Å². The Labute approximate surface area is 200 Å². The van der Waals surface area contributed by atoms with Crippen LogP contribution >= 0.6 is 0 Å². The number of amides is 3. The zero-order chi connectivity index (χ0) is 25.1. The molecule has 0 bridgehead atoms. The molecule has 3 amide bonds. The molecule has 0 aromatic heterocycles. The maximum atomic E-state index is 12.9. The van der Waals surface area contributed by atoms with Crippen molar-refractivity contribution in [3.8, 4) is 11.1 Å². The quantitative estimate of drug-likeness (QED) is 0.394. The number of hydrazine groups is 1. The van der Waals surface area contributed by atoms with E-state index in [0.717, 1.165) is 22.3 Å². The molecule has 0 saturated carbocycles. The van der Waals surface area contributed by atoms with E-state index in [4.69, 9.17) is 9.47 Å². The first-order valence-electron chi connectivity index (χ1n) is 10.9. The summed E-state index contributed by atoms with van der Waals surface area (Å²) in [6.07, 6.45) is -1.56. The molecule has 2 aromatic carbocycles. The van der Waals surface area contributed by atoms with Crippen molar-refractivity contribution in [1.29, 1.82) is 0 Å². The van der Waals surface area contributed by atoms with Gasteiger partial charge in [0.25, 0.3) is 5.91 Å². The Bertz CT molecular complexity index is 1150. The Morgan fingerprint density at radius 1 is 1.06 bits per heavy atom. The van der Waals surface area contributed by atoms with Crippen LogP contribution in [0.3, 0.4) is 0 Å². The van der Waals surface area contributed by atoms with Crippen molar-refractivity contribution in [2.75, 3.05) is 13.2 Å². The van der Waals surface area contributed by atoms with Crippen molar-refractivity contribution in [2.45, 2.75) is 31.3 Å². The van der Waals surface area contributed by atoms with Gasteiger partial charge in [-0.15, -0.1) is 0 Å². The SMILES string of the molecule is CCOC(=O)C(NC(=O)OCC1c2ccccc2-c2ccccc21)C(=O)N1NC(=O)CC1C(=O)O. The van der Waals surface area contributed by atoms with E-state index in [9.17, 15) is 29.1 Å². The van der Waals surface area contributed by atoms with Gasteiger partial charge < -0.3 is 14.6 Å². The lowest BCUT2D eigenvalue weighted by Gasteiger charge is -2.25. The number of carboxylic acid groups (broad SMARTS) is 1. The second kappa shape index (κ2) is 9.84. The Kier molecular flexibility index (Phi) is 6.67. The monoisotopic (exact) mass is 481 g/mol. The number of ether oxygens (including phenoxy) is 2. The molecule has 2 aromatic rings. The molecule has 1 aliphatic heterocycles. The van der Waals surface area contributed by atoms with E-state index >= 15 is 0 Å². The van der Waals surface area contributed by atoms with Gasteiger partial charge in [0.2, 0.25) is 11.9 Å². The van der Waals surface area contributed by atoms with E-state index in [2.05, 4.69) is 10.7 Å². The third-order valence-electron chi connectivity index (χ3n) is 5.83. The van der Waals surface area contributed by atoms with E-state index in [1.807, 2.05) is 48.5 Å². The number of nitrogens with zero attached hydrogens (tertiary/aromatic N) is 1. The largest absolute Gasteiger partial charge is 0.480 e. The summed E-state index contributed by atoms with van der Waals surface area (Å²) in [5.41, 5.74) is 6.11. The number of hydrogen-bond donors (Lipinski definition) is 3. The lowest BCUT2D eigenvalue weighted by molar-refractivity contribution is -0.158. The smallest absolute Gasteiger partial charge is 0.408 e. The minimum absolute atomic E-state index is 0.0677. The molecule has 11 heteroatoms. The van der Waals surface area contributed by atoms with Crippen LogP contribution in [0.15, 0.2) is 48.5 Å². The number of rotatable bonds is 7. The van der Waals surface area contributed by atoms with Gasteiger partial charge in [-0.2, -0.15) is 0 Å². The molecule has 1 heterocycles. The third kappa shape index (κ3) is 4.65. The number of carbonyl (C=O) groups excluding carboxylic acids is 4. The summed E-state index contributed by atoms with van der Waals surface area (Å²) in [4.78, 5) is 61.1. The minimum Gasteiger partial charge on any atom is -0.480 e. The van der Waals surface area contributed by atoms with Crippen molar-refractivity contribution in [3.05, 3.63) is 59.7 Å². The Balaban J connectivity index is 1.48. The van der Waals surface area contributed by atoms with Gasteiger partial charge in [0.1, 0.15) is 6.61 Å². The van der Waals surface area contributed by atoms with Crippen molar-refractivity contribution in [2.24, 2.45) is 0 Å². The van der Waals surface area contributed by atoms with E-state index in [0.29, 0.717) is 5.01 Å². The van der Waals surface area contributed by atoms with Gasteiger partial charge in [0.15, 0.2) is 6.04 Å². The van der Waals surface area contributed by atoms with Crippen LogP contribution in [0.5, 0.6) is 0 Å². The summed E-state index contributed by atoms with van der Waals surface area (Å²) in [5, 5.41) is 12.0.